The molecule has 296 valence electrons. The number of hydrogen-bond donors (Lipinski definition) is 0. The van der Waals surface area contributed by atoms with Crippen molar-refractivity contribution in [2.45, 2.75) is 77.5 Å². The van der Waals surface area contributed by atoms with E-state index in [9.17, 15) is 0 Å². The van der Waals surface area contributed by atoms with Crippen LogP contribution >= 0.6 is 0 Å². The van der Waals surface area contributed by atoms with Crippen molar-refractivity contribution in [2.24, 2.45) is 9.98 Å². The van der Waals surface area contributed by atoms with Crippen LogP contribution in [0, 0.1) is 0 Å². The molecule has 0 fully saturated rings. The molecular weight excluding hydrogens is 729 g/mol. The Hall–Kier alpha value is -6.52. The summed E-state index contributed by atoms with van der Waals surface area (Å²) < 4.78 is 0. The highest BCUT2D eigenvalue weighted by Crippen LogP contribution is 2.45. The fraction of sp³-hybridized carbons (Fsp3) is 0.214. The second-order valence-corrected chi connectivity index (χ2v) is 18.7. The Bertz CT molecular complexity index is 2780. The van der Waals surface area contributed by atoms with Gasteiger partial charge in [0.25, 0.3) is 0 Å². The summed E-state index contributed by atoms with van der Waals surface area (Å²) in [5.41, 5.74) is 8.44. The average Bonchev–Trinajstić information content (AvgIpc) is 3.58. The summed E-state index contributed by atoms with van der Waals surface area (Å²) >= 11 is 0. The fourth-order valence-corrected chi connectivity index (χ4v) is 9.35. The van der Waals surface area contributed by atoms with Crippen molar-refractivity contribution in [3.8, 4) is 22.3 Å². The molecule has 0 saturated carbocycles. The van der Waals surface area contributed by atoms with Gasteiger partial charge >= 0.3 is 0 Å². The van der Waals surface area contributed by atoms with Gasteiger partial charge in [-0.1, -0.05) is 133 Å². The molecule has 2 heterocycles. The van der Waals surface area contributed by atoms with Gasteiger partial charge in [-0.2, -0.15) is 0 Å². The Balaban J connectivity index is 0.996. The summed E-state index contributed by atoms with van der Waals surface area (Å²) in [5, 5.41) is 7.60. The second kappa shape index (κ2) is 13.5. The molecule has 60 heavy (non-hydrogen) atoms. The van der Waals surface area contributed by atoms with E-state index >= 15 is 0 Å². The molecule has 0 radical (unpaired) electrons. The normalized spacial score (nSPS) is 17.7. The molecule has 2 aliphatic heterocycles. The second-order valence-electron chi connectivity index (χ2n) is 18.7. The molecule has 0 spiro atoms. The molecule has 8 aromatic carbocycles. The number of amidine groups is 2. The minimum Gasteiger partial charge on any atom is -0.318 e. The molecule has 4 heteroatoms. The van der Waals surface area contributed by atoms with E-state index in [1.54, 1.807) is 0 Å². The van der Waals surface area contributed by atoms with Gasteiger partial charge in [0.05, 0.1) is 22.2 Å². The Morgan fingerprint density at radius 2 is 0.617 bits per heavy atom. The Labute approximate surface area is 354 Å². The van der Waals surface area contributed by atoms with Crippen molar-refractivity contribution in [3.05, 3.63) is 181 Å². The zero-order valence-corrected chi connectivity index (χ0v) is 36.0. The third kappa shape index (κ3) is 5.79. The maximum atomic E-state index is 5.27. The molecule has 0 bridgehead atoms. The van der Waals surface area contributed by atoms with Crippen molar-refractivity contribution in [2.75, 3.05) is 9.80 Å². The number of nitrogens with zero attached hydrogens (tertiary/aromatic N) is 4. The van der Waals surface area contributed by atoms with Crippen LogP contribution < -0.4 is 9.80 Å². The van der Waals surface area contributed by atoms with Gasteiger partial charge in [0.15, 0.2) is 0 Å². The van der Waals surface area contributed by atoms with Crippen LogP contribution in [0.1, 0.15) is 66.5 Å². The van der Waals surface area contributed by atoms with Crippen LogP contribution in [0.2, 0.25) is 0 Å². The number of anilines is 2. The Morgan fingerprint density at radius 3 is 0.983 bits per heavy atom. The monoisotopic (exact) mass is 780 g/mol. The van der Waals surface area contributed by atoms with Gasteiger partial charge in [-0.3, -0.25) is 9.98 Å². The summed E-state index contributed by atoms with van der Waals surface area (Å²) in [6.07, 6.45) is 0. The molecule has 0 unspecified atom stereocenters. The number of fused-ring (bicyclic) bond motifs is 6. The van der Waals surface area contributed by atoms with Crippen molar-refractivity contribution in [3.63, 3.8) is 0 Å². The van der Waals surface area contributed by atoms with Crippen LogP contribution in [0.4, 0.5) is 11.4 Å². The molecule has 0 aromatic heterocycles. The van der Waals surface area contributed by atoms with E-state index in [0.717, 1.165) is 34.2 Å². The van der Waals surface area contributed by atoms with Crippen LogP contribution in [0.25, 0.3) is 54.6 Å². The average molecular weight is 781 g/mol. The lowest BCUT2D eigenvalue weighted by atomic mass is 9.83. The molecule has 8 aromatic rings. The zero-order chi connectivity index (χ0) is 41.6. The maximum absolute atomic E-state index is 5.27. The van der Waals surface area contributed by atoms with Crippen molar-refractivity contribution >= 4 is 55.4 Å². The first-order valence-corrected chi connectivity index (χ1v) is 21.3. The minimum absolute atomic E-state index is 0.212. The first kappa shape index (κ1) is 37.7. The number of rotatable bonds is 6. The highest BCUT2D eigenvalue weighted by atomic mass is 15.3. The molecular formula is C56H52N4. The van der Waals surface area contributed by atoms with E-state index in [4.69, 9.17) is 9.98 Å². The first-order valence-electron chi connectivity index (χ1n) is 21.3. The molecule has 10 rings (SSSR count). The summed E-state index contributed by atoms with van der Waals surface area (Å²) in [7, 11) is 0. The molecule has 0 aliphatic carbocycles. The van der Waals surface area contributed by atoms with Gasteiger partial charge < -0.3 is 9.80 Å². The summed E-state index contributed by atoms with van der Waals surface area (Å²) in [5.74, 6) is 2.04. The first-order chi connectivity index (χ1) is 28.7. The molecule has 4 nitrogen and oxygen atoms in total. The van der Waals surface area contributed by atoms with Gasteiger partial charge in [-0.25, -0.2) is 0 Å². The van der Waals surface area contributed by atoms with E-state index < -0.39 is 0 Å². The highest BCUT2D eigenvalue weighted by molar-refractivity contribution is 6.26. The quantitative estimate of drug-likeness (QED) is 0.157. The van der Waals surface area contributed by atoms with E-state index in [1.807, 2.05) is 0 Å². The van der Waals surface area contributed by atoms with Crippen molar-refractivity contribution in [1.82, 2.24) is 0 Å². The molecule has 0 amide bonds. The lowest BCUT2D eigenvalue weighted by molar-refractivity contribution is 0.338. The summed E-state index contributed by atoms with van der Waals surface area (Å²) in [4.78, 5) is 15.4. The molecule has 0 atom stereocenters. The smallest absolute Gasteiger partial charge is 0.136 e. The standard InChI is InChI=1S/C56H52N4/c1-53(2)55(5,6)59(51(57-53)39-17-11-9-12-18-39)43-29-23-37(24-30-43)41-27-33-47-48-34-28-42(36-50(48)46-22-16-15-21-45(46)49(47)35-41)38-25-31-44(32-26-38)60-52(40-19-13-10-14-20-40)58-54(3,4)56(60,7)8/h9-36H,1-8H3. The topological polar surface area (TPSA) is 31.2 Å². The Morgan fingerprint density at radius 1 is 0.300 bits per heavy atom. The minimum atomic E-state index is -0.254. The van der Waals surface area contributed by atoms with Crippen LogP contribution in [0.15, 0.2) is 180 Å². The van der Waals surface area contributed by atoms with Crippen LogP contribution in [-0.2, 0) is 0 Å². The van der Waals surface area contributed by atoms with Gasteiger partial charge in [-0.15, -0.1) is 0 Å². The van der Waals surface area contributed by atoms with E-state index in [-0.39, 0.29) is 22.2 Å². The predicted octanol–water partition coefficient (Wildman–Crippen LogP) is 14.1. The van der Waals surface area contributed by atoms with E-state index in [0.29, 0.717) is 0 Å². The van der Waals surface area contributed by atoms with Crippen molar-refractivity contribution < 1.29 is 0 Å². The highest BCUT2D eigenvalue weighted by Gasteiger charge is 2.50. The fourth-order valence-electron chi connectivity index (χ4n) is 9.35. The van der Waals surface area contributed by atoms with E-state index in [1.165, 1.54) is 54.6 Å². The number of benzene rings is 8. The summed E-state index contributed by atoms with van der Waals surface area (Å²) in [6.45, 7) is 18.1. The summed E-state index contributed by atoms with van der Waals surface area (Å²) in [6, 6.07) is 62.1. The molecule has 0 saturated heterocycles. The van der Waals surface area contributed by atoms with Crippen LogP contribution in [0.3, 0.4) is 0 Å². The zero-order valence-electron chi connectivity index (χ0n) is 36.0. The lowest BCUT2D eigenvalue weighted by Crippen LogP contribution is -2.53. The van der Waals surface area contributed by atoms with Crippen LogP contribution in [0.5, 0.6) is 0 Å². The van der Waals surface area contributed by atoms with E-state index in [2.05, 4.69) is 235 Å². The molecule has 0 N–H and O–H groups in total. The third-order valence-electron chi connectivity index (χ3n) is 14.1. The van der Waals surface area contributed by atoms with Gasteiger partial charge in [-0.05, 0) is 146 Å². The maximum Gasteiger partial charge on any atom is 0.136 e. The van der Waals surface area contributed by atoms with Gasteiger partial charge in [0.1, 0.15) is 11.7 Å². The van der Waals surface area contributed by atoms with Gasteiger partial charge in [0, 0.05) is 22.5 Å². The molecule has 2 aliphatic rings. The predicted molar refractivity (Wildman–Crippen MR) is 257 cm³/mol. The number of aliphatic imine (C=N–C) groups is 2. The van der Waals surface area contributed by atoms with Crippen LogP contribution in [-0.4, -0.2) is 33.8 Å². The lowest BCUT2D eigenvalue weighted by Gasteiger charge is -2.41. The number of hydrogen-bond acceptors (Lipinski definition) is 4. The SMILES string of the molecule is CC1(C)N=C(c2ccccc2)N(c2ccc(-c3ccc4c5ccc(-c6ccc(N7C(c8ccccc8)=NC(C)(C)C7(C)C)cc6)cc5c5ccccc5c4c3)cc2)C1(C)C. The third-order valence-corrected chi connectivity index (χ3v) is 14.1. The van der Waals surface area contributed by atoms with Crippen molar-refractivity contribution in [1.29, 1.82) is 0 Å². The van der Waals surface area contributed by atoms with Gasteiger partial charge in [0.2, 0.25) is 0 Å². The Kier molecular flexibility index (Phi) is 8.49. The largest absolute Gasteiger partial charge is 0.318 e.